The van der Waals surface area contributed by atoms with E-state index < -0.39 is 5.97 Å². The zero-order valence-corrected chi connectivity index (χ0v) is 12.8. The summed E-state index contributed by atoms with van der Waals surface area (Å²) in [6.07, 6.45) is 0. The minimum absolute atomic E-state index is 0.226. The number of likely N-dealkylation sites (N-methyl/N-ethyl adjacent to an activating group) is 1. The maximum atomic E-state index is 12.0. The van der Waals surface area contributed by atoms with Crippen molar-refractivity contribution in [2.24, 2.45) is 0 Å². The number of rotatable bonds is 5. The number of carbonyl (C=O) groups excluding carboxylic acids is 1. The summed E-state index contributed by atoms with van der Waals surface area (Å²) in [5, 5.41) is 8.78. The monoisotopic (exact) mass is 310 g/mol. The fraction of sp³-hybridized carbons (Fsp3) is 0.176. The fourth-order valence-electron chi connectivity index (χ4n) is 2.07. The molecule has 0 unspecified atom stereocenters. The molecule has 6 nitrogen and oxygen atoms in total. The largest absolute Gasteiger partial charge is 0.460 e. The summed E-state index contributed by atoms with van der Waals surface area (Å²) >= 11 is 0. The molecule has 0 spiro atoms. The number of hydrogen-bond acceptors (Lipinski definition) is 6. The molecule has 2 rings (SSSR count). The highest BCUT2D eigenvalue weighted by Crippen LogP contribution is 2.15. The second kappa shape index (κ2) is 7.18. The van der Waals surface area contributed by atoms with Gasteiger partial charge in [-0.2, -0.15) is 5.26 Å². The number of nitrogen functional groups attached to an aromatic ring is 2. The van der Waals surface area contributed by atoms with Gasteiger partial charge in [0.15, 0.2) is 0 Å². The number of hydrogen-bond donors (Lipinski definition) is 2. The van der Waals surface area contributed by atoms with E-state index in [1.165, 1.54) is 12.1 Å². The molecule has 0 aromatic heterocycles. The summed E-state index contributed by atoms with van der Waals surface area (Å²) in [4.78, 5) is 13.9. The Morgan fingerprint density at radius 1 is 1.17 bits per heavy atom. The van der Waals surface area contributed by atoms with E-state index in [0.717, 1.165) is 5.69 Å². The molecule has 0 aliphatic carbocycles. The first kappa shape index (κ1) is 16.2. The van der Waals surface area contributed by atoms with E-state index in [-0.39, 0.29) is 6.61 Å². The van der Waals surface area contributed by atoms with Crippen molar-refractivity contribution in [3.8, 4) is 6.07 Å². The van der Waals surface area contributed by atoms with E-state index in [9.17, 15) is 4.79 Å². The van der Waals surface area contributed by atoms with Crippen LogP contribution >= 0.6 is 0 Å². The molecule has 4 N–H and O–H groups in total. The van der Waals surface area contributed by atoms with Gasteiger partial charge in [0.05, 0.1) is 23.7 Å². The molecule has 0 radical (unpaired) electrons. The van der Waals surface area contributed by atoms with Crippen molar-refractivity contribution < 1.29 is 9.53 Å². The van der Waals surface area contributed by atoms with Gasteiger partial charge in [0, 0.05) is 24.1 Å². The SMILES string of the molecule is CN(CCOC(=O)c1cc(N)cc(N)c1)c1ccc(C#N)cc1. The summed E-state index contributed by atoms with van der Waals surface area (Å²) in [6, 6.07) is 13.9. The third-order valence-electron chi connectivity index (χ3n) is 3.31. The fourth-order valence-corrected chi connectivity index (χ4v) is 2.07. The van der Waals surface area contributed by atoms with Crippen molar-refractivity contribution in [3.05, 3.63) is 53.6 Å². The number of anilines is 3. The van der Waals surface area contributed by atoms with Crippen molar-refractivity contribution in [3.63, 3.8) is 0 Å². The van der Waals surface area contributed by atoms with Crippen LogP contribution in [0.3, 0.4) is 0 Å². The van der Waals surface area contributed by atoms with Crippen LogP contribution < -0.4 is 16.4 Å². The molecule has 0 aliphatic rings. The highest BCUT2D eigenvalue weighted by Gasteiger charge is 2.09. The van der Waals surface area contributed by atoms with Crippen molar-refractivity contribution >= 4 is 23.0 Å². The molecular formula is C17H18N4O2. The van der Waals surface area contributed by atoms with Gasteiger partial charge in [0.1, 0.15) is 6.61 Å². The van der Waals surface area contributed by atoms with Crippen LogP contribution in [-0.4, -0.2) is 26.2 Å². The Balaban J connectivity index is 1.88. The lowest BCUT2D eigenvalue weighted by Gasteiger charge is -2.19. The highest BCUT2D eigenvalue weighted by atomic mass is 16.5. The molecular weight excluding hydrogens is 292 g/mol. The quantitative estimate of drug-likeness (QED) is 0.646. The molecule has 0 saturated carbocycles. The van der Waals surface area contributed by atoms with Crippen molar-refractivity contribution in [2.75, 3.05) is 36.6 Å². The molecule has 23 heavy (non-hydrogen) atoms. The van der Waals surface area contributed by atoms with Crippen molar-refractivity contribution in [2.45, 2.75) is 0 Å². The standard InChI is InChI=1S/C17H18N4O2/c1-21(16-4-2-12(11-18)3-5-16)6-7-23-17(22)13-8-14(19)10-15(20)9-13/h2-5,8-10H,6-7,19-20H2,1H3. The van der Waals surface area contributed by atoms with E-state index in [4.69, 9.17) is 21.5 Å². The topological polar surface area (TPSA) is 105 Å². The van der Waals surface area contributed by atoms with Crippen LogP contribution in [0.25, 0.3) is 0 Å². The van der Waals surface area contributed by atoms with Gasteiger partial charge >= 0.3 is 5.97 Å². The molecule has 0 saturated heterocycles. The number of nitrogens with two attached hydrogens (primary N) is 2. The Bertz CT molecular complexity index is 715. The average molecular weight is 310 g/mol. The van der Waals surface area contributed by atoms with Gasteiger partial charge in [-0.25, -0.2) is 4.79 Å². The van der Waals surface area contributed by atoms with E-state index in [1.807, 2.05) is 24.1 Å². The molecule has 0 amide bonds. The zero-order chi connectivity index (χ0) is 16.8. The Morgan fingerprint density at radius 3 is 2.35 bits per heavy atom. The summed E-state index contributed by atoms with van der Waals surface area (Å²) in [5.74, 6) is -0.461. The first-order valence-corrected chi connectivity index (χ1v) is 7.04. The Kier molecular flexibility index (Phi) is 5.05. The van der Waals surface area contributed by atoms with Gasteiger partial charge in [0.25, 0.3) is 0 Å². The van der Waals surface area contributed by atoms with E-state index in [2.05, 4.69) is 6.07 Å². The summed E-state index contributed by atoms with van der Waals surface area (Å²) in [5.41, 5.74) is 14.0. The third kappa shape index (κ3) is 4.38. The van der Waals surface area contributed by atoms with Crippen LogP contribution in [-0.2, 0) is 4.74 Å². The van der Waals surface area contributed by atoms with Crippen molar-refractivity contribution in [1.29, 1.82) is 5.26 Å². The number of esters is 1. The minimum atomic E-state index is -0.461. The van der Waals surface area contributed by atoms with Crippen LogP contribution in [0.15, 0.2) is 42.5 Å². The number of ether oxygens (including phenoxy) is 1. The number of nitrogens with zero attached hydrogens (tertiary/aromatic N) is 2. The predicted octanol–water partition coefficient (Wildman–Crippen LogP) is 2.02. The molecule has 0 atom stereocenters. The van der Waals surface area contributed by atoms with Crippen LogP contribution in [0.1, 0.15) is 15.9 Å². The highest BCUT2D eigenvalue weighted by molar-refractivity contribution is 5.91. The zero-order valence-electron chi connectivity index (χ0n) is 12.8. The average Bonchev–Trinajstić information content (AvgIpc) is 2.53. The van der Waals surface area contributed by atoms with E-state index >= 15 is 0 Å². The Morgan fingerprint density at radius 2 is 1.78 bits per heavy atom. The first-order chi connectivity index (χ1) is 11.0. The maximum absolute atomic E-state index is 12.0. The second-order valence-corrected chi connectivity index (χ2v) is 5.10. The van der Waals surface area contributed by atoms with Gasteiger partial charge in [-0.15, -0.1) is 0 Å². The molecule has 0 aliphatic heterocycles. The van der Waals surface area contributed by atoms with Gasteiger partial charge < -0.3 is 21.1 Å². The summed E-state index contributed by atoms with van der Waals surface area (Å²) in [7, 11) is 1.88. The van der Waals surface area contributed by atoms with Crippen LogP contribution in [0.5, 0.6) is 0 Å². The predicted molar refractivity (Wildman–Crippen MR) is 90.0 cm³/mol. The maximum Gasteiger partial charge on any atom is 0.338 e. The first-order valence-electron chi connectivity index (χ1n) is 7.04. The number of nitriles is 1. The lowest BCUT2D eigenvalue weighted by molar-refractivity contribution is 0.0516. The second-order valence-electron chi connectivity index (χ2n) is 5.10. The van der Waals surface area contributed by atoms with Gasteiger partial charge in [-0.05, 0) is 42.5 Å². The Hall–Kier alpha value is -3.20. The molecule has 2 aromatic rings. The van der Waals surface area contributed by atoms with Gasteiger partial charge in [0.2, 0.25) is 0 Å². The van der Waals surface area contributed by atoms with Crippen molar-refractivity contribution in [1.82, 2.24) is 0 Å². The van der Waals surface area contributed by atoms with Gasteiger partial charge in [-0.3, -0.25) is 0 Å². The minimum Gasteiger partial charge on any atom is -0.460 e. The van der Waals surface area contributed by atoms with E-state index in [0.29, 0.717) is 29.0 Å². The number of carbonyl (C=O) groups is 1. The molecule has 118 valence electrons. The summed E-state index contributed by atoms with van der Waals surface area (Å²) < 4.78 is 5.23. The lowest BCUT2D eigenvalue weighted by atomic mass is 10.2. The molecule has 0 fully saturated rings. The molecule has 6 heteroatoms. The molecule has 2 aromatic carbocycles. The smallest absolute Gasteiger partial charge is 0.338 e. The van der Waals surface area contributed by atoms with Gasteiger partial charge in [-0.1, -0.05) is 0 Å². The number of benzene rings is 2. The Labute approximate surface area is 134 Å². The van der Waals surface area contributed by atoms with Crippen LogP contribution in [0, 0.1) is 11.3 Å². The van der Waals surface area contributed by atoms with Crippen LogP contribution in [0.2, 0.25) is 0 Å². The van der Waals surface area contributed by atoms with Crippen LogP contribution in [0.4, 0.5) is 17.1 Å². The normalized spacial score (nSPS) is 9.91. The molecule has 0 heterocycles. The molecule has 0 bridgehead atoms. The lowest BCUT2D eigenvalue weighted by Crippen LogP contribution is -2.24. The van der Waals surface area contributed by atoms with E-state index in [1.54, 1.807) is 18.2 Å². The third-order valence-corrected chi connectivity index (χ3v) is 3.31. The summed E-state index contributed by atoms with van der Waals surface area (Å²) in [6.45, 7) is 0.749.